The zero-order valence-corrected chi connectivity index (χ0v) is 18.2. The first-order valence-electron chi connectivity index (χ1n) is 9.96. The molecule has 4 rings (SSSR count). The fourth-order valence-electron chi connectivity index (χ4n) is 3.97. The van der Waals surface area contributed by atoms with E-state index in [1.54, 1.807) is 20.8 Å². The molecule has 0 atom stereocenters. The second-order valence-corrected chi connectivity index (χ2v) is 9.04. The van der Waals surface area contributed by atoms with Gasteiger partial charge in [-0.15, -0.1) is 0 Å². The lowest BCUT2D eigenvalue weighted by Crippen LogP contribution is -2.45. The van der Waals surface area contributed by atoms with Crippen LogP contribution in [0.5, 0.6) is 0 Å². The number of aromatic nitrogens is 3. The number of carbonyl (C=O) groups excluding carboxylic acids is 2. The van der Waals surface area contributed by atoms with E-state index >= 15 is 0 Å². The lowest BCUT2D eigenvalue weighted by Gasteiger charge is -2.26. The van der Waals surface area contributed by atoms with Crippen molar-refractivity contribution in [3.63, 3.8) is 0 Å². The minimum absolute atomic E-state index is 0.165. The van der Waals surface area contributed by atoms with Gasteiger partial charge in [0.1, 0.15) is 40.6 Å². The van der Waals surface area contributed by atoms with Gasteiger partial charge in [0.15, 0.2) is 0 Å². The maximum Gasteiger partial charge on any atom is 0.413 e. The molecule has 1 aliphatic heterocycles. The number of nitrogens with zero attached hydrogens (tertiary/aromatic N) is 3. The molecule has 3 N–H and O–H groups in total. The van der Waals surface area contributed by atoms with Crippen LogP contribution in [-0.4, -0.2) is 32.1 Å². The molecule has 2 amide bonds. The number of carbonyl (C=O) groups is 2. The molecule has 164 valence electrons. The van der Waals surface area contributed by atoms with Gasteiger partial charge in [-0.25, -0.2) is 14.8 Å². The quantitative estimate of drug-likeness (QED) is 0.659. The van der Waals surface area contributed by atoms with Crippen LogP contribution in [0.4, 0.5) is 22.1 Å². The molecule has 0 unspecified atom stereocenters. The number of halogens is 1. The Labute approximate surface area is 183 Å². The third-order valence-electron chi connectivity index (χ3n) is 5.13. The van der Waals surface area contributed by atoms with Crippen LogP contribution < -0.4 is 21.5 Å². The van der Waals surface area contributed by atoms with Crippen molar-refractivity contribution in [2.45, 2.75) is 57.7 Å². The van der Waals surface area contributed by atoms with Gasteiger partial charge in [-0.3, -0.25) is 19.5 Å². The Morgan fingerprint density at radius 1 is 1.19 bits per heavy atom. The van der Waals surface area contributed by atoms with Crippen LogP contribution in [0.2, 0.25) is 5.02 Å². The number of fused-ring (bicyclic) bond motifs is 2. The monoisotopic (exact) mass is 446 g/mol. The van der Waals surface area contributed by atoms with Gasteiger partial charge in [0.05, 0.1) is 5.02 Å². The summed E-state index contributed by atoms with van der Waals surface area (Å²) in [5.41, 5.74) is -1.43. The summed E-state index contributed by atoms with van der Waals surface area (Å²) in [6.45, 7) is 5.25. The van der Waals surface area contributed by atoms with Crippen molar-refractivity contribution in [3.8, 4) is 0 Å². The summed E-state index contributed by atoms with van der Waals surface area (Å²) in [4.78, 5) is 45.8. The topological polar surface area (TPSA) is 127 Å². The number of amides is 2. The highest BCUT2D eigenvalue weighted by Gasteiger charge is 2.46. The van der Waals surface area contributed by atoms with Crippen LogP contribution >= 0.6 is 11.6 Å². The smallest absolute Gasteiger partial charge is 0.413 e. The van der Waals surface area contributed by atoms with Crippen LogP contribution in [-0.2, 0) is 10.4 Å². The molecular weight excluding hydrogens is 424 g/mol. The van der Waals surface area contributed by atoms with Crippen LogP contribution in [0, 0.1) is 0 Å². The predicted octanol–water partition coefficient (Wildman–Crippen LogP) is 3.35. The van der Waals surface area contributed by atoms with Gasteiger partial charge in [0.2, 0.25) is 0 Å². The van der Waals surface area contributed by atoms with Crippen molar-refractivity contribution in [1.82, 2.24) is 19.9 Å². The highest BCUT2D eigenvalue weighted by atomic mass is 35.5. The van der Waals surface area contributed by atoms with Crippen molar-refractivity contribution >= 4 is 40.9 Å². The Bertz CT molecular complexity index is 1120. The second kappa shape index (κ2) is 7.52. The summed E-state index contributed by atoms with van der Waals surface area (Å²) < 4.78 is 6.67. The predicted molar refractivity (Wildman–Crippen MR) is 115 cm³/mol. The molecule has 10 nitrogen and oxygen atoms in total. The van der Waals surface area contributed by atoms with Crippen molar-refractivity contribution in [3.05, 3.63) is 39.5 Å². The summed E-state index contributed by atoms with van der Waals surface area (Å²) in [6, 6.07) is 2.87. The molecule has 1 fully saturated rings. The molecule has 3 heterocycles. The van der Waals surface area contributed by atoms with Crippen LogP contribution in [0.3, 0.4) is 0 Å². The largest absolute Gasteiger partial charge is 0.444 e. The van der Waals surface area contributed by atoms with Gasteiger partial charge in [-0.05, 0) is 52.5 Å². The highest BCUT2D eigenvalue weighted by Crippen LogP contribution is 2.39. The van der Waals surface area contributed by atoms with Gasteiger partial charge in [0.25, 0.3) is 11.5 Å². The first kappa shape index (κ1) is 21.1. The van der Waals surface area contributed by atoms with Gasteiger partial charge >= 0.3 is 6.09 Å². The lowest BCUT2D eigenvalue weighted by molar-refractivity contribution is 0.0635. The third kappa shape index (κ3) is 4.07. The van der Waals surface area contributed by atoms with E-state index in [4.69, 9.17) is 16.3 Å². The first-order chi connectivity index (χ1) is 14.6. The Morgan fingerprint density at radius 3 is 2.55 bits per heavy atom. The summed E-state index contributed by atoms with van der Waals surface area (Å²) in [5.74, 6) is 0.122. The Kier molecular flexibility index (Phi) is 5.12. The summed E-state index contributed by atoms with van der Waals surface area (Å²) >= 11 is 6.36. The number of rotatable bonds is 3. The van der Waals surface area contributed by atoms with Gasteiger partial charge in [-0.1, -0.05) is 11.6 Å². The molecule has 2 aliphatic rings. The van der Waals surface area contributed by atoms with Crippen molar-refractivity contribution in [2.75, 3.05) is 10.6 Å². The molecule has 11 heteroatoms. The van der Waals surface area contributed by atoms with E-state index in [1.807, 2.05) is 0 Å². The summed E-state index contributed by atoms with van der Waals surface area (Å²) in [5, 5.41) is 8.56. The van der Waals surface area contributed by atoms with E-state index in [9.17, 15) is 14.4 Å². The van der Waals surface area contributed by atoms with E-state index in [0.717, 1.165) is 12.8 Å². The molecular formula is C20H23ClN6O4. The lowest BCUT2D eigenvalue weighted by atomic mass is 10.1. The highest BCUT2D eigenvalue weighted by molar-refractivity contribution is 6.34. The van der Waals surface area contributed by atoms with E-state index in [0.29, 0.717) is 12.8 Å². The number of hydrogen-bond donors (Lipinski definition) is 3. The fourth-order valence-corrected chi connectivity index (χ4v) is 4.25. The van der Waals surface area contributed by atoms with Gasteiger partial charge in [-0.2, -0.15) is 0 Å². The Balaban J connectivity index is 1.63. The van der Waals surface area contributed by atoms with E-state index < -0.39 is 17.4 Å². The van der Waals surface area contributed by atoms with Crippen molar-refractivity contribution in [1.29, 1.82) is 0 Å². The number of pyridine rings is 1. The van der Waals surface area contributed by atoms with Crippen LogP contribution in [0.1, 0.15) is 56.9 Å². The molecule has 2 aromatic rings. The Hall–Kier alpha value is -3.14. The fraction of sp³-hybridized carbons (Fsp3) is 0.450. The van der Waals surface area contributed by atoms with Crippen LogP contribution in [0.25, 0.3) is 0 Å². The number of hydrogen-bond acceptors (Lipinski definition) is 7. The number of ether oxygens (including phenoxy) is 1. The molecule has 0 aromatic carbocycles. The zero-order chi connectivity index (χ0) is 22.4. The molecule has 1 saturated carbocycles. The number of nitrogens with one attached hydrogen (secondary N) is 3. The van der Waals surface area contributed by atoms with E-state index in [2.05, 4.69) is 25.9 Å². The molecule has 0 bridgehead atoms. The third-order valence-corrected chi connectivity index (χ3v) is 5.42. The molecule has 1 spiro atoms. The Morgan fingerprint density at radius 2 is 1.87 bits per heavy atom. The standard InChI is InChI=1S/C20H23ClN6O4/c1-19(2,3)31-18(30)25-14-9-13(22-10-23-14)24-12-8-11(21)15-16(28)26-20(6-4-5-7-20)27(15)17(12)29/h8-10H,4-7H2,1-3H3,(H,26,28)(H2,22,23,24,25,30). The van der Waals surface area contributed by atoms with Gasteiger partial charge < -0.3 is 15.4 Å². The molecule has 1 aliphatic carbocycles. The molecule has 2 aromatic heterocycles. The molecule has 31 heavy (non-hydrogen) atoms. The number of anilines is 3. The minimum Gasteiger partial charge on any atom is -0.444 e. The molecule has 0 radical (unpaired) electrons. The zero-order valence-electron chi connectivity index (χ0n) is 17.4. The average Bonchev–Trinajstić information content (AvgIpc) is 3.23. The maximum absolute atomic E-state index is 13.3. The van der Waals surface area contributed by atoms with E-state index in [-0.39, 0.29) is 39.5 Å². The van der Waals surface area contributed by atoms with E-state index in [1.165, 1.54) is 23.0 Å². The van der Waals surface area contributed by atoms with Gasteiger partial charge in [0, 0.05) is 6.07 Å². The molecule has 0 saturated heterocycles. The van der Waals surface area contributed by atoms with Crippen LogP contribution in [0.15, 0.2) is 23.3 Å². The first-order valence-corrected chi connectivity index (χ1v) is 10.3. The summed E-state index contributed by atoms with van der Waals surface area (Å²) in [7, 11) is 0. The van der Waals surface area contributed by atoms with Crippen molar-refractivity contribution in [2.24, 2.45) is 0 Å². The average molecular weight is 447 g/mol. The minimum atomic E-state index is -0.736. The second-order valence-electron chi connectivity index (χ2n) is 8.63. The normalized spacial score (nSPS) is 16.7. The van der Waals surface area contributed by atoms with Crippen molar-refractivity contribution < 1.29 is 14.3 Å². The maximum atomic E-state index is 13.3. The SMILES string of the molecule is CC(C)(C)OC(=O)Nc1cc(Nc2cc(Cl)c3n(c2=O)C2(CCCC2)NC3=O)ncn1. The summed E-state index contributed by atoms with van der Waals surface area (Å²) in [6.07, 6.45) is 3.74.